The zero-order valence-electron chi connectivity index (χ0n) is 11.8. The molecule has 21 heavy (non-hydrogen) atoms. The maximum absolute atomic E-state index is 14.4. The third-order valence-corrected chi connectivity index (χ3v) is 2.84. The molecule has 0 radical (unpaired) electrons. The Labute approximate surface area is 121 Å². The van der Waals surface area contributed by atoms with Crippen molar-refractivity contribution >= 4 is 11.9 Å². The van der Waals surface area contributed by atoms with Crippen molar-refractivity contribution in [2.24, 2.45) is 0 Å². The third kappa shape index (κ3) is 3.65. The molecule has 0 aliphatic carbocycles. The van der Waals surface area contributed by atoms with E-state index in [2.05, 4.69) is 16.1 Å². The van der Waals surface area contributed by atoms with Crippen LogP contribution in [0.2, 0.25) is 0 Å². The van der Waals surface area contributed by atoms with Gasteiger partial charge in [-0.15, -0.1) is 0 Å². The standard InChI is InChI=1S/C15H16F2O4/c1-4-21-14(19)15(16,17)12(10(2)13(18)20-3)11-8-6-5-7-9-11/h5-9,12H,2,4H2,1,3H3/t12-/m1/s1. The topological polar surface area (TPSA) is 52.6 Å². The second-order valence-electron chi connectivity index (χ2n) is 4.20. The van der Waals surface area contributed by atoms with Crippen LogP contribution in [-0.4, -0.2) is 31.6 Å². The van der Waals surface area contributed by atoms with Crippen LogP contribution in [0.25, 0.3) is 0 Å². The first-order valence-electron chi connectivity index (χ1n) is 6.23. The first-order chi connectivity index (χ1) is 9.86. The van der Waals surface area contributed by atoms with Gasteiger partial charge in [0, 0.05) is 5.57 Å². The van der Waals surface area contributed by atoms with Crippen LogP contribution in [0.4, 0.5) is 8.78 Å². The van der Waals surface area contributed by atoms with Crippen LogP contribution in [0.1, 0.15) is 18.4 Å². The van der Waals surface area contributed by atoms with E-state index in [1.165, 1.54) is 31.2 Å². The molecule has 1 aromatic rings. The SMILES string of the molecule is C=C(C(=O)OC)[C@H](c1ccccc1)C(F)(F)C(=O)OCC. The summed E-state index contributed by atoms with van der Waals surface area (Å²) < 4.78 is 37.5. The highest BCUT2D eigenvalue weighted by Crippen LogP contribution is 2.39. The molecule has 0 saturated carbocycles. The molecule has 0 aliphatic heterocycles. The number of ether oxygens (including phenoxy) is 2. The van der Waals surface area contributed by atoms with Gasteiger partial charge in [0.05, 0.1) is 19.6 Å². The number of carbonyl (C=O) groups excluding carboxylic acids is 2. The predicted molar refractivity (Wildman–Crippen MR) is 71.9 cm³/mol. The lowest BCUT2D eigenvalue weighted by Crippen LogP contribution is -2.39. The maximum atomic E-state index is 14.4. The minimum atomic E-state index is -3.93. The van der Waals surface area contributed by atoms with Crippen LogP contribution >= 0.6 is 0 Å². The number of carbonyl (C=O) groups is 2. The van der Waals surface area contributed by atoms with Crippen molar-refractivity contribution < 1.29 is 27.8 Å². The summed E-state index contributed by atoms with van der Waals surface area (Å²) in [5.74, 6) is -8.48. The van der Waals surface area contributed by atoms with Gasteiger partial charge < -0.3 is 9.47 Å². The fourth-order valence-corrected chi connectivity index (χ4v) is 1.87. The van der Waals surface area contributed by atoms with E-state index in [4.69, 9.17) is 0 Å². The predicted octanol–water partition coefficient (Wildman–Crippen LogP) is 2.70. The van der Waals surface area contributed by atoms with Crippen molar-refractivity contribution in [2.75, 3.05) is 13.7 Å². The van der Waals surface area contributed by atoms with Crippen LogP contribution in [0.15, 0.2) is 42.5 Å². The highest BCUT2D eigenvalue weighted by Gasteiger charge is 2.52. The highest BCUT2D eigenvalue weighted by molar-refractivity contribution is 5.92. The number of rotatable bonds is 6. The molecular weight excluding hydrogens is 282 g/mol. The first kappa shape index (κ1) is 16.8. The quantitative estimate of drug-likeness (QED) is 0.598. The number of methoxy groups -OCH3 is 1. The number of alkyl halides is 2. The molecule has 1 rings (SSSR count). The Morgan fingerprint density at radius 1 is 1.29 bits per heavy atom. The van der Waals surface area contributed by atoms with E-state index in [1.54, 1.807) is 6.07 Å². The molecule has 6 heteroatoms. The lowest BCUT2D eigenvalue weighted by atomic mass is 9.86. The van der Waals surface area contributed by atoms with Crippen LogP contribution < -0.4 is 0 Å². The highest BCUT2D eigenvalue weighted by atomic mass is 19.3. The van der Waals surface area contributed by atoms with Crippen molar-refractivity contribution in [2.45, 2.75) is 18.8 Å². The third-order valence-electron chi connectivity index (χ3n) is 2.84. The van der Waals surface area contributed by atoms with Gasteiger partial charge >= 0.3 is 17.9 Å². The summed E-state index contributed by atoms with van der Waals surface area (Å²) in [6.07, 6.45) is 0. The van der Waals surface area contributed by atoms with Gasteiger partial charge in [-0.05, 0) is 12.5 Å². The smallest absolute Gasteiger partial charge is 0.378 e. The maximum Gasteiger partial charge on any atom is 0.378 e. The van der Waals surface area contributed by atoms with Crippen LogP contribution in [0.5, 0.6) is 0 Å². The molecule has 0 heterocycles. The molecule has 0 aliphatic rings. The summed E-state index contributed by atoms with van der Waals surface area (Å²) in [5, 5.41) is 0. The van der Waals surface area contributed by atoms with E-state index in [0.717, 1.165) is 7.11 Å². The second kappa shape index (κ2) is 6.97. The Hall–Kier alpha value is -2.24. The van der Waals surface area contributed by atoms with Crippen molar-refractivity contribution in [3.05, 3.63) is 48.0 Å². The van der Waals surface area contributed by atoms with Gasteiger partial charge in [0.2, 0.25) is 0 Å². The van der Waals surface area contributed by atoms with Gasteiger partial charge in [0.15, 0.2) is 0 Å². The molecule has 0 N–H and O–H groups in total. The van der Waals surface area contributed by atoms with Gasteiger partial charge in [-0.25, -0.2) is 9.59 Å². The molecule has 0 fully saturated rings. The molecule has 0 amide bonds. The minimum Gasteiger partial charge on any atom is -0.466 e. The summed E-state index contributed by atoms with van der Waals surface area (Å²) >= 11 is 0. The van der Waals surface area contributed by atoms with E-state index in [0.29, 0.717) is 0 Å². The summed E-state index contributed by atoms with van der Waals surface area (Å²) in [4.78, 5) is 23.1. The Kier molecular flexibility index (Phi) is 5.58. The van der Waals surface area contributed by atoms with Gasteiger partial charge in [-0.1, -0.05) is 36.9 Å². The minimum absolute atomic E-state index is 0.0750. The molecule has 0 spiro atoms. The normalized spacial score (nSPS) is 12.4. The number of halogens is 2. The molecule has 114 valence electrons. The molecule has 1 atom stereocenters. The number of hydrogen-bond acceptors (Lipinski definition) is 4. The summed E-state index contributed by atoms with van der Waals surface area (Å²) in [7, 11) is 1.05. The largest absolute Gasteiger partial charge is 0.466 e. The molecule has 0 unspecified atom stereocenters. The Balaban J connectivity index is 3.29. The lowest BCUT2D eigenvalue weighted by Gasteiger charge is -2.26. The van der Waals surface area contributed by atoms with Crippen molar-refractivity contribution in [1.82, 2.24) is 0 Å². The van der Waals surface area contributed by atoms with Crippen molar-refractivity contribution in [3.63, 3.8) is 0 Å². The van der Waals surface area contributed by atoms with E-state index in [1.807, 2.05) is 0 Å². The molecule has 1 aromatic carbocycles. The second-order valence-corrected chi connectivity index (χ2v) is 4.20. The van der Waals surface area contributed by atoms with Crippen LogP contribution in [0.3, 0.4) is 0 Å². The molecule has 0 bridgehead atoms. The van der Waals surface area contributed by atoms with Gasteiger partial charge in [0.25, 0.3) is 0 Å². The number of benzene rings is 1. The van der Waals surface area contributed by atoms with E-state index < -0.39 is 29.4 Å². The van der Waals surface area contributed by atoms with E-state index in [9.17, 15) is 18.4 Å². The Bertz CT molecular complexity index is 526. The van der Waals surface area contributed by atoms with Crippen LogP contribution in [0, 0.1) is 0 Å². The number of esters is 2. The lowest BCUT2D eigenvalue weighted by molar-refractivity contribution is -0.174. The zero-order valence-corrected chi connectivity index (χ0v) is 11.8. The Morgan fingerprint density at radius 3 is 2.33 bits per heavy atom. The van der Waals surface area contributed by atoms with Crippen LogP contribution in [-0.2, 0) is 19.1 Å². The van der Waals surface area contributed by atoms with Crippen molar-refractivity contribution in [3.8, 4) is 0 Å². The average Bonchev–Trinajstić information content (AvgIpc) is 2.47. The van der Waals surface area contributed by atoms with Gasteiger partial charge in [-0.3, -0.25) is 0 Å². The molecule has 4 nitrogen and oxygen atoms in total. The molecule has 0 saturated heterocycles. The fourth-order valence-electron chi connectivity index (χ4n) is 1.87. The van der Waals surface area contributed by atoms with Crippen molar-refractivity contribution in [1.29, 1.82) is 0 Å². The molecule has 0 aromatic heterocycles. The molecular formula is C15H16F2O4. The number of hydrogen-bond donors (Lipinski definition) is 0. The van der Waals surface area contributed by atoms with Gasteiger partial charge in [0.1, 0.15) is 0 Å². The fraction of sp³-hybridized carbons (Fsp3) is 0.333. The first-order valence-corrected chi connectivity index (χ1v) is 6.23. The summed E-state index contributed by atoms with van der Waals surface area (Å²) in [6, 6.07) is 7.43. The zero-order chi connectivity index (χ0) is 16.0. The van der Waals surface area contributed by atoms with E-state index in [-0.39, 0.29) is 12.2 Å². The Morgan fingerprint density at radius 2 is 1.86 bits per heavy atom. The average molecular weight is 298 g/mol. The van der Waals surface area contributed by atoms with Gasteiger partial charge in [-0.2, -0.15) is 8.78 Å². The summed E-state index contributed by atoms with van der Waals surface area (Å²) in [5.41, 5.74) is -0.437. The summed E-state index contributed by atoms with van der Waals surface area (Å²) in [6.45, 7) is 4.57. The monoisotopic (exact) mass is 298 g/mol. The van der Waals surface area contributed by atoms with E-state index >= 15 is 0 Å².